The van der Waals surface area contributed by atoms with Crippen molar-refractivity contribution in [3.05, 3.63) is 23.3 Å². The lowest BCUT2D eigenvalue weighted by Gasteiger charge is -2.63. The number of hydrogen-bond acceptors (Lipinski definition) is 4. The molecule has 4 heteroatoms. The van der Waals surface area contributed by atoms with E-state index in [1.165, 1.54) is 5.57 Å². The molecule has 1 aliphatic heterocycles. The van der Waals surface area contributed by atoms with Gasteiger partial charge in [-0.15, -0.1) is 0 Å². The molecule has 5 rings (SSSR count). The minimum absolute atomic E-state index is 0.0719. The number of esters is 1. The second kappa shape index (κ2) is 7.54. The van der Waals surface area contributed by atoms with Crippen LogP contribution in [0, 0.1) is 45.3 Å². The molecule has 0 aromatic carbocycles. The highest BCUT2D eigenvalue weighted by Gasteiger charge is 2.69. The molecule has 5 aliphatic rings. The standard InChI is InChI=1S/C30H44O4/c1-17(2)14-18-15-19(26(33)34-18)25-22(31)16-30(7)21-8-9-23-27(3,4)24(32)11-12-28(23,5)20(21)10-13-29(25,30)6/h8,14,18-20,22-23,25,31H,9-13,15-16H2,1-7H3/t18-,19-,20+,22+,23-,25-,28-,29+,30-/m1/s1. The lowest BCUT2D eigenvalue weighted by Crippen LogP contribution is -2.57. The molecule has 4 aliphatic carbocycles. The van der Waals surface area contributed by atoms with E-state index in [2.05, 4.69) is 46.8 Å². The number of ketones is 1. The predicted octanol–water partition coefficient (Wildman–Crippen LogP) is 6.03. The molecule has 34 heavy (non-hydrogen) atoms. The van der Waals surface area contributed by atoms with E-state index >= 15 is 0 Å². The van der Waals surface area contributed by atoms with Crippen LogP contribution in [0.4, 0.5) is 0 Å². The van der Waals surface area contributed by atoms with E-state index in [0.717, 1.165) is 37.7 Å². The first kappa shape index (κ1) is 24.3. The van der Waals surface area contributed by atoms with E-state index in [-0.39, 0.29) is 45.6 Å². The third-order valence-electron chi connectivity index (χ3n) is 11.6. The SMILES string of the molecule is CC(C)=C[C@@H]1C[C@H]([C@@H]2[C@@H](O)C[C@]3(C)C4=CC[C@@H]5C(C)(C)C(=O)CC[C@]5(C)[C@H]4CC[C@@]23C)C(=O)O1. The summed E-state index contributed by atoms with van der Waals surface area (Å²) in [6, 6.07) is 0. The molecule has 0 bridgehead atoms. The Morgan fingerprint density at radius 2 is 1.82 bits per heavy atom. The molecule has 0 amide bonds. The van der Waals surface area contributed by atoms with Crippen molar-refractivity contribution in [1.29, 1.82) is 0 Å². The Morgan fingerprint density at radius 3 is 2.50 bits per heavy atom. The van der Waals surface area contributed by atoms with Gasteiger partial charge in [0, 0.05) is 24.2 Å². The number of carbonyl (C=O) groups is 2. The molecule has 188 valence electrons. The molecule has 1 saturated heterocycles. The number of aliphatic hydroxyl groups is 1. The van der Waals surface area contributed by atoms with Gasteiger partial charge in [0.15, 0.2) is 0 Å². The van der Waals surface area contributed by atoms with Gasteiger partial charge in [-0.05, 0) is 80.1 Å². The molecule has 0 aromatic rings. The number of fused-ring (bicyclic) bond motifs is 5. The summed E-state index contributed by atoms with van der Waals surface area (Å²) in [5.74, 6) is 0.809. The summed E-state index contributed by atoms with van der Waals surface area (Å²) >= 11 is 0. The molecule has 0 unspecified atom stereocenters. The van der Waals surface area contributed by atoms with Crippen LogP contribution in [0.1, 0.15) is 93.4 Å². The van der Waals surface area contributed by atoms with E-state index in [9.17, 15) is 14.7 Å². The number of aliphatic hydroxyl groups excluding tert-OH is 1. The number of rotatable bonds is 2. The Balaban J connectivity index is 1.51. The van der Waals surface area contributed by atoms with Crippen molar-refractivity contribution < 1.29 is 19.4 Å². The lowest BCUT2D eigenvalue weighted by molar-refractivity contribution is -0.149. The van der Waals surface area contributed by atoms with Gasteiger partial charge in [-0.3, -0.25) is 9.59 Å². The molecular weight excluding hydrogens is 424 g/mol. The van der Waals surface area contributed by atoms with Gasteiger partial charge < -0.3 is 9.84 Å². The second-order valence-corrected chi connectivity index (χ2v) is 13.8. The Labute approximate surface area is 205 Å². The minimum Gasteiger partial charge on any atom is -0.458 e. The quantitative estimate of drug-likeness (QED) is 0.397. The van der Waals surface area contributed by atoms with Crippen LogP contribution in [0.3, 0.4) is 0 Å². The van der Waals surface area contributed by atoms with Gasteiger partial charge in [-0.1, -0.05) is 51.8 Å². The van der Waals surface area contributed by atoms with Crippen LogP contribution < -0.4 is 0 Å². The van der Waals surface area contributed by atoms with Crippen LogP contribution in [-0.2, 0) is 14.3 Å². The van der Waals surface area contributed by atoms with Gasteiger partial charge in [-0.2, -0.15) is 0 Å². The van der Waals surface area contributed by atoms with Crippen molar-refractivity contribution in [3.63, 3.8) is 0 Å². The molecular formula is C30H44O4. The fraction of sp³-hybridized carbons (Fsp3) is 0.800. The Hall–Kier alpha value is -1.42. The molecule has 1 N–H and O–H groups in total. The topological polar surface area (TPSA) is 63.6 Å². The minimum atomic E-state index is -0.493. The molecule has 4 nitrogen and oxygen atoms in total. The van der Waals surface area contributed by atoms with Gasteiger partial charge in [0.05, 0.1) is 12.0 Å². The molecule has 0 aromatic heterocycles. The van der Waals surface area contributed by atoms with E-state index in [1.807, 2.05) is 13.8 Å². The maximum atomic E-state index is 13.0. The summed E-state index contributed by atoms with van der Waals surface area (Å²) in [5.41, 5.74) is 2.25. The number of Topliss-reactive ketones (excluding diaryl/α,β-unsaturated/α-hetero) is 1. The van der Waals surface area contributed by atoms with Crippen LogP contribution >= 0.6 is 0 Å². The van der Waals surface area contributed by atoms with Crippen LogP contribution in [0.25, 0.3) is 0 Å². The lowest BCUT2D eigenvalue weighted by atomic mass is 9.41. The smallest absolute Gasteiger partial charge is 0.310 e. The first-order valence-electron chi connectivity index (χ1n) is 13.5. The van der Waals surface area contributed by atoms with Crippen molar-refractivity contribution >= 4 is 11.8 Å². The van der Waals surface area contributed by atoms with Crippen LogP contribution in [-0.4, -0.2) is 29.1 Å². The maximum absolute atomic E-state index is 13.0. The summed E-state index contributed by atoms with van der Waals surface area (Å²) in [5, 5.41) is 11.5. The Kier molecular flexibility index (Phi) is 5.39. The Morgan fingerprint density at radius 1 is 1.12 bits per heavy atom. The third kappa shape index (κ3) is 3.06. The van der Waals surface area contributed by atoms with Crippen molar-refractivity contribution in [2.24, 2.45) is 45.3 Å². The van der Waals surface area contributed by atoms with Crippen LogP contribution in [0.2, 0.25) is 0 Å². The molecule has 0 radical (unpaired) electrons. The highest BCUT2D eigenvalue weighted by atomic mass is 16.5. The number of carbonyl (C=O) groups excluding carboxylic acids is 2. The number of cyclic esters (lactones) is 1. The van der Waals surface area contributed by atoms with Crippen molar-refractivity contribution in [2.45, 2.75) is 106 Å². The molecule has 3 saturated carbocycles. The summed E-state index contributed by atoms with van der Waals surface area (Å²) in [4.78, 5) is 25.9. The normalized spacial score (nSPS) is 49.5. The maximum Gasteiger partial charge on any atom is 0.310 e. The van der Waals surface area contributed by atoms with E-state index < -0.39 is 6.10 Å². The van der Waals surface area contributed by atoms with E-state index in [1.54, 1.807) is 0 Å². The van der Waals surface area contributed by atoms with Gasteiger partial charge in [-0.25, -0.2) is 0 Å². The van der Waals surface area contributed by atoms with Crippen molar-refractivity contribution in [1.82, 2.24) is 0 Å². The summed E-state index contributed by atoms with van der Waals surface area (Å²) in [7, 11) is 0. The zero-order valence-corrected chi connectivity index (χ0v) is 22.2. The number of hydrogen-bond donors (Lipinski definition) is 1. The van der Waals surface area contributed by atoms with Gasteiger partial charge in [0.2, 0.25) is 0 Å². The molecule has 1 heterocycles. The van der Waals surface area contributed by atoms with Crippen LogP contribution in [0.5, 0.6) is 0 Å². The highest BCUT2D eigenvalue weighted by molar-refractivity contribution is 5.85. The monoisotopic (exact) mass is 468 g/mol. The first-order valence-corrected chi connectivity index (χ1v) is 13.5. The zero-order valence-electron chi connectivity index (χ0n) is 22.2. The summed E-state index contributed by atoms with van der Waals surface area (Å²) < 4.78 is 5.76. The second-order valence-electron chi connectivity index (χ2n) is 13.8. The van der Waals surface area contributed by atoms with Crippen LogP contribution in [0.15, 0.2) is 23.3 Å². The fourth-order valence-electron chi connectivity index (χ4n) is 9.73. The molecule has 4 fully saturated rings. The van der Waals surface area contributed by atoms with Gasteiger partial charge in [0.25, 0.3) is 0 Å². The van der Waals surface area contributed by atoms with Crippen molar-refractivity contribution in [3.8, 4) is 0 Å². The van der Waals surface area contributed by atoms with E-state index in [4.69, 9.17) is 4.74 Å². The number of allylic oxidation sites excluding steroid dienone is 3. The summed E-state index contributed by atoms with van der Waals surface area (Å²) in [6.45, 7) is 15.5. The molecule has 9 atom stereocenters. The highest BCUT2D eigenvalue weighted by Crippen LogP contribution is 2.73. The van der Waals surface area contributed by atoms with Gasteiger partial charge >= 0.3 is 5.97 Å². The Bertz CT molecular complexity index is 970. The molecule has 0 spiro atoms. The fourth-order valence-corrected chi connectivity index (χ4v) is 9.73. The largest absolute Gasteiger partial charge is 0.458 e. The number of ether oxygens (including phenoxy) is 1. The predicted molar refractivity (Wildman–Crippen MR) is 133 cm³/mol. The zero-order chi connectivity index (χ0) is 24.8. The third-order valence-corrected chi connectivity index (χ3v) is 11.6. The first-order chi connectivity index (χ1) is 15.8. The van der Waals surface area contributed by atoms with Crippen molar-refractivity contribution in [2.75, 3.05) is 0 Å². The van der Waals surface area contributed by atoms with E-state index in [0.29, 0.717) is 30.5 Å². The van der Waals surface area contributed by atoms with Gasteiger partial charge in [0.1, 0.15) is 11.9 Å². The average Bonchev–Trinajstić information content (AvgIpc) is 3.17. The summed E-state index contributed by atoms with van der Waals surface area (Å²) in [6.07, 6.45) is 9.94. The average molecular weight is 469 g/mol.